The zero-order valence-electron chi connectivity index (χ0n) is 9.21. The third-order valence-corrected chi connectivity index (χ3v) is 2.36. The standard InChI is InChI=1S/C12H16N2O/c1-3-7-13-8-11-14-10-6-4-5-9(2)12(10)15-11/h4-6,13H,3,7-8H2,1-2H3. The summed E-state index contributed by atoms with van der Waals surface area (Å²) >= 11 is 0. The van der Waals surface area contributed by atoms with Crippen LogP contribution in [-0.4, -0.2) is 11.5 Å². The van der Waals surface area contributed by atoms with Gasteiger partial charge in [-0.05, 0) is 31.5 Å². The topological polar surface area (TPSA) is 38.1 Å². The maximum Gasteiger partial charge on any atom is 0.209 e. The SMILES string of the molecule is CCCNCc1nc2cccc(C)c2o1. The second-order valence-corrected chi connectivity index (χ2v) is 3.71. The fraction of sp³-hybridized carbons (Fsp3) is 0.417. The summed E-state index contributed by atoms with van der Waals surface area (Å²) in [5, 5.41) is 3.28. The van der Waals surface area contributed by atoms with Gasteiger partial charge in [0.15, 0.2) is 5.58 Å². The smallest absolute Gasteiger partial charge is 0.209 e. The Morgan fingerprint density at radius 2 is 2.27 bits per heavy atom. The molecule has 0 radical (unpaired) electrons. The van der Waals surface area contributed by atoms with Crippen LogP contribution >= 0.6 is 0 Å². The van der Waals surface area contributed by atoms with Gasteiger partial charge in [0.2, 0.25) is 5.89 Å². The van der Waals surface area contributed by atoms with Gasteiger partial charge in [-0.15, -0.1) is 0 Å². The number of aromatic nitrogens is 1. The molecule has 0 aliphatic carbocycles. The highest BCUT2D eigenvalue weighted by Gasteiger charge is 2.06. The van der Waals surface area contributed by atoms with Crippen molar-refractivity contribution in [2.45, 2.75) is 26.8 Å². The Morgan fingerprint density at radius 1 is 1.40 bits per heavy atom. The molecule has 0 bridgehead atoms. The molecule has 0 aliphatic rings. The van der Waals surface area contributed by atoms with Crippen molar-refractivity contribution in [2.24, 2.45) is 0 Å². The van der Waals surface area contributed by atoms with Gasteiger partial charge < -0.3 is 9.73 Å². The molecule has 2 aromatic rings. The van der Waals surface area contributed by atoms with E-state index in [1.54, 1.807) is 0 Å². The van der Waals surface area contributed by atoms with Gasteiger partial charge in [-0.2, -0.15) is 0 Å². The number of fused-ring (bicyclic) bond motifs is 1. The van der Waals surface area contributed by atoms with Crippen molar-refractivity contribution < 1.29 is 4.42 Å². The van der Waals surface area contributed by atoms with Crippen LogP contribution in [0.5, 0.6) is 0 Å². The predicted octanol–water partition coefficient (Wildman–Crippen LogP) is 2.64. The number of aryl methyl sites for hydroxylation is 1. The van der Waals surface area contributed by atoms with Crippen LogP contribution in [0.3, 0.4) is 0 Å². The largest absolute Gasteiger partial charge is 0.439 e. The molecule has 3 nitrogen and oxygen atoms in total. The van der Waals surface area contributed by atoms with E-state index in [0.717, 1.165) is 35.5 Å². The van der Waals surface area contributed by atoms with E-state index in [-0.39, 0.29) is 0 Å². The van der Waals surface area contributed by atoms with Gasteiger partial charge >= 0.3 is 0 Å². The van der Waals surface area contributed by atoms with Gasteiger partial charge in [-0.3, -0.25) is 0 Å². The number of nitrogens with one attached hydrogen (secondary N) is 1. The van der Waals surface area contributed by atoms with Crippen molar-refractivity contribution in [3.05, 3.63) is 29.7 Å². The van der Waals surface area contributed by atoms with Crippen LogP contribution in [0.2, 0.25) is 0 Å². The van der Waals surface area contributed by atoms with E-state index in [1.165, 1.54) is 0 Å². The van der Waals surface area contributed by atoms with Gasteiger partial charge in [0.25, 0.3) is 0 Å². The molecular weight excluding hydrogens is 188 g/mol. The zero-order valence-corrected chi connectivity index (χ0v) is 9.21. The summed E-state index contributed by atoms with van der Waals surface area (Å²) in [6.45, 7) is 5.89. The second kappa shape index (κ2) is 4.45. The number of nitrogens with zero attached hydrogens (tertiary/aromatic N) is 1. The third kappa shape index (κ3) is 2.18. The highest BCUT2D eigenvalue weighted by Crippen LogP contribution is 2.18. The average molecular weight is 204 g/mol. The summed E-state index contributed by atoms with van der Waals surface area (Å²) in [5.74, 6) is 0.771. The monoisotopic (exact) mass is 204 g/mol. The third-order valence-electron chi connectivity index (χ3n) is 2.36. The number of benzene rings is 1. The van der Waals surface area contributed by atoms with E-state index in [4.69, 9.17) is 4.42 Å². The van der Waals surface area contributed by atoms with Crippen molar-refractivity contribution >= 4 is 11.1 Å². The Labute approximate surface area is 89.5 Å². The molecule has 0 saturated carbocycles. The lowest BCUT2D eigenvalue weighted by Crippen LogP contribution is -2.13. The Hall–Kier alpha value is -1.35. The lowest BCUT2D eigenvalue weighted by molar-refractivity contribution is 0.494. The van der Waals surface area contributed by atoms with Crippen molar-refractivity contribution in [1.29, 1.82) is 0 Å². The molecule has 15 heavy (non-hydrogen) atoms. The maximum atomic E-state index is 5.67. The zero-order chi connectivity index (χ0) is 10.7. The number of hydrogen-bond donors (Lipinski definition) is 1. The van der Waals surface area contributed by atoms with E-state index < -0.39 is 0 Å². The molecular formula is C12H16N2O. The Bertz CT molecular complexity index is 448. The minimum atomic E-state index is 0.710. The molecule has 2 rings (SSSR count). The summed E-state index contributed by atoms with van der Waals surface area (Å²) < 4.78 is 5.67. The lowest BCUT2D eigenvalue weighted by Gasteiger charge is -1.96. The molecule has 0 atom stereocenters. The van der Waals surface area contributed by atoms with Crippen LogP contribution in [0.25, 0.3) is 11.1 Å². The molecule has 0 aliphatic heterocycles. The minimum absolute atomic E-state index is 0.710. The van der Waals surface area contributed by atoms with E-state index in [0.29, 0.717) is 6.54 Å². The van der Waals surface area contributed by atoms with Crippen molar-refractivity contribution in [1.82, 2.24) is 10.3 Å². The molecule has 1 aromatic heterocycles. The highest BCUT2D eigenvalue weighted by atomic mass is 16.3. The first kappa shape index (κ1) is 10.2. The Balaban J connectivity index is 2.20. The molecule has 1 N–H and O–H groups in total. The second-order valence-electron chi connectivity index (χ2n) is 3.71. The number of para-hydroxylation sites is 1. The molecule has 0 spiro atoms. The van der Waals surface area contributed by atoms with Gasteiger partial charge in [-0.25, -0.2) is 4.98 Å². The quantitative estimate of drug-likeness (QED) is 0.778. The molecule has 1 heterocycles. The predicted molar refractivity (Wildman–Crippen MR) is 60.7 cm³/mol. The van der Waals surface area contributed by atoms with Gasteiger partial charge in [-0.1, -0.05) is 19.1 Å². The van der Waals surface area contributed by atoms with Crippen LogP contribution in [0.15, 0.2) is 22.6 Å². The summed E-state index contributed by atoms with van der Waals surface area (Å²) in [5.41, 5.74) is 3.00. The van der Waals surface area contributed by atoms with E-state index in [1.807, 2.05) is 25.1 Å². The van der Waals surface area contributed by atoms with Gasteiger partial charge in [0.1, 0.15) is 5.52 Å². The molecule has 0 fully saturated rings. The first-order chi connectivity index (χ1) is 7.31. The lowest BCUT2D eigenvalue weighted by atomic mass is 10.2. The van der Waals surface area contributed by atoms with Crippen LogP contribution in [0.1, 0.15) is 24.8 Å². The molecule has 0 saturated heterocycles. The summed E-state index contributed by atoms with van der Waals surface area (Å²) in [7, 11) is 0. The fourth-order valence-electron chi connectivity index (χ4n) is 1.58. The number of rotatable bonds is 4. The van der Waals surface area contributed by atoms with Crippen molar-refractivity contribution in [2.75, 3.05) is 6.54 Å². The minimum Gasteiger partial charge on any atom is -0.439 e. The Kier molecular flexibility index (Phi) is 3.02. The van der Waals surface area contributed by atoms with Crippen LogP contribution in [0.4, 0.5) is 0 Å². The van der Waals surface area contributed by atoms with Crippen LogP contribution < -0.4 is 5.32 Å². The van der Waals surface area contributed by atoms with Gasteiger partial charge in [0.05, 0.1) is 6.54 Å². The molecule has 0 amide bonds. The molecule has 1 aromatic carbocycles. The normalized spacial score (nSPS) is 11.1. The highest BCUT2D eigenvalue weighted by molar-refractivity contribution is 5.75. The van der Waals surface area contributed by atoms with Gasteiger partial charge in [0, 0.05) is 0 Å². The first-order valence-electron chi connectivity index (χ1n) is 5.37. The molecule has 80 valence electrons. The maximum absolute atomic E-state index is 5.67. The van der Waals surface area contributed by atoms with Crippen LogP contribution in [-0.2, 0) is 6.54 Å². The average Bonchev–Trinajstić information content (AvgIpc) is 2.63. The Morgan fingerprint density at radius 3 is 3.00 bits per heavy atom. The molecule has 0 unspecified atom stereocenters. The van der Waals surface area contributed by atoms with E-state index >= 15 is 0 Å². The molecule has 3 heteroatoms. The number of oxazole rings is 1. The number of hydrogen-bond acceptors (Lipinski definition) is 3. The summed E-state index contributed by atoms with van der Waals surface area (Å²) in [6.07, 6.45) is 1.12. The summed E-state index contributed by atoms with van der Waals surface area (Å²) in [6, 6.07) is 6.02. The summed E-state index contributed by atoms with van der Waals surface area (Å²) in [4.78, 5) is 4.42. The van der Waals surface area contributed by atoms with Crippen LogP contribution in [0, 0.1) is 6.92 Å². The van der Waals surface area contributed by atoms with Crippen molar-refractivity contribution in [3.63, 3.8) is 0 Å². The van der Waals surface area contributed by atoms with E-state index in [9.17, 15) is 0 Å². The van der Waals surface area contributed by atoms with Crippen molar-refractivity contribution in [3.8, 4) is 0 Å². The van der Waals surface area contributed by atoms with E-state index in [2.05, 4.69) is 17.2 Å². The fourth-order valence-corrected chi connectivity index (χ4v) is 1.58. The first-order valence-corrected chi connectivity index (χ1v) is 5.37.